The van der Waals surface area contributed by atoms with Gasteiger partial charge in [-0.1, -0.05) is 0 Å². The Morgan fingerprint density at radius 2 is 1.40 bits per heavy atom. The van der Waals surface area contributed by atoms with E-state index >= 15 is 0 Å². The predicted octanol–water partition coefficient (Wildman–Crippen LogP) is 4.91. The van der Waals surface area contributed by atoms with Crippen LogP contribution in [0, 0.1) is 0 Å². The Kier molecular flexibility index (Phi) is 7.51. The molecule has 3 N–H and O–H groups in total. The van der Waals surface area contributed by atoms with Crippen molar-refractivity contribution in [1.82, 2.24) is 15.1 Å². The van der Waals surface area contributed by atoms with Crippen LogP contribution in [0.2, 0.25) is 0 Å². The lowest BCUT2D eigenvalue weighted by Gasteiger charge is -2.11. The van der Waals surface area contributed by atoms with E-state index in [-0.39, 0.29) is 0 Å². The first kappa shape index (κ1) is 21.4. The van der Waals surface area contributed by atoms with Crippen molar-refractivity contribution in [2.75, 3.05) is 30.4 Å². The first-order valence-electron chi connectivity index (χ1n) is 10.0. The molecule has 0 amide bonds. The van der Waals surface area contributed by atoms with Crippen molar-refractivity contribution in [2.45, 2.75) is 20.8 Å². The van der Waals surface area contributed by atoms with Gasteiger partial charge in [-0.3, -0.25) is 0 Å². The van der Waals surface area contributed by atoms with Crippen LogP contribution in [0.25, 0.3) is 0 Å². The number of benzene rings is 2. The molecule has 0 saturated carbocycles. The van der Waals surface area contributed by atoms with Gasteiger partial charge in [-0.25, -0.2) is 0 Å². The summed E-state index contributed by atoms with van der Waals surface area (Å²) in [5.74, 6) is 3.09. The average molecular weight is 426 g/mol. The predicted molar refractivity (Wildman–Crippen MR) is 126 cm³/mol. The highest BCUT2D eigenvalue weighted by Gasteiger charge is 2.12. The molecule has 0 aliphatic carbocycles. The second kappa shape index (κ2) is 10.5. The Morgan fingerprint density at radius 1 is 0.867 bits per heavy atom. The van der Waals surface area contributed by atoms with Crippen molar-refractivity contribution in [3.63, 3.8) is 0 Å². The molecule has 0 unspecified atom stereocenters. The third kappa shape index (κ3) is 5.64. The first-order valence-corrected chi connectivity index (χ1v) is 10.4. The Labute approximate surface area is 182 Å². The Morgan fingerprint density at radius 3 is 1.90 bits per heavy atom. The standard InChI is InChI=1S/C22H27N5O2S/c1-4-23-22(30)27-21(25-17-9-13-19(14-10-17)29-6-3)15-20(26-27)24-16-7-11-18(12-8-16)28-5-2/h7-15,25H,4-6H2,1-3H3,(H,23,30)(H,24,26). The smallest absolute Gasteiger partial charge is 0.196 e. The molecular formula is C22H27N5O2S. The van der Waals surface area contributed by atoms with Crippen LogP contribution in [-0.4, -0.2) is 34.7 Å². The number of anilines is 4. The fraction of sp³-hybridized carbons (Fsp3) is 0.273. The van der Waals surface area contributed by atoms with Crippen molar-refractivity contribution in [2.24, 2.45) is 0 Å². The Bertz CT molecular complexity index is 955. The largest absolute Gasteiger partial charge is 0.494 e. The lowest BCUT2D eigenvalue weighted by molar-refractivity contribution is 0.340. The molecule has 1 aromatic heterocycles. The van der Waals surface area contributed by atoms with Crippen molar-refractivity contribution in [1.29, 1.82) is 0 Å². The molecule has 1 heterocycles. The fourth-order valence-corrected chi connectivity index (χ4v) is 3.09. The van der Waals surface area contributed by atoms with Gasteiger partial charge in [-0.05, 0) is 81.5 Å². The molecule has 0 radical (unpaired) electrons. The van der Waals surface area contributed by atoms with Gasteiger partial charge < -0.3 is 25.4 Å². The van der Waals surface area contributed by atoms with E-state index < -0.39 is 0 Å². The summed E-state index contributed by atoms with van der Waals surface area (Å²) in [6, 6.07) is 17.4. The minimum absolute atomic E-state index is 0.519. The maximum atomic E-state index is 5.50. The number of nitrogens with one attached hydrogen (secondary N) is 3. The van der Waals surface area contributed by atoms with E-state index in [4.69, 9.17) is 21.7 Å². The summed E-state index contributed by atoms with van der Waals surface area (Å²) in [5.41, 5.74) is 1.82. The van der Waals surface area contributed by atoms with E-state index in [0.717, 1.165) is 28.7 Å². The molecule has 3 rings (SSSR count). The van der Waals surface area contributed by atoms with Crippen LogP contribution in [0.4, 0.5) is 23.0 Å². The lowest BCUT2D eigenvalue weighted by atomic mass is 10.3. The van der Waals surface area contributed by atoms with Gasteiger partial charge in [0.2, 0.25) is 0 Å². The van der Waals surface area contributed by atoms with Gasteiger partial charge in [0.25, 0.3) is 0 Å². The van der Waals surface area contributed by atoms with E-state index in [2.05, 4.69) is 21.0 Å². The molecule has 0 spiro atoms. The molecule has 8 heteroatoms. The normalized spacial score (nSPS) is 10.4. The zero-order valence-corrected chi connectivity index (χ0v) is 18.3. The minimum atomic E-state index is 0.519. The van der Waals surface area contributed by atoms with E-state index in [1.807, 2.05) is 75.4 Å². The summed E-state index contributed by atoms with van der Waals surface area (Å²) in [7, 11) is 0. The molecule has 2 aromatic carbocycles. The van der Waals surface area contributed by atoms with Crippen molar-refractivity contribution >= 4 is 40.3 Å². The van der Waals surface area contributed by atoms with Crippen LogP contribution in [0.3, 0.4) is 0 Å². The van der Waals surface area contributed by atoms with Crippen LogP contribution in [0.1, 0.15) is 20.8 Å². The van der Waals surface area contributed by atoms with E-state index in [9.17, 15) is 0 Å². The topological polar surface area (TPSA) is 72.4 Å². The summed E-state index contributed by atoms with van der Waals surface area (Å²) >= 11 is 5.49. The molecule has 0 saturated heterocycles. The minimum Gasteiger partial charge on any atom is -0.494 e. The third-order valence-electron chi connectivity index (χ3n) is 4.11. The second-order valence-corrected chi connectivity index (χ2v) is 6.71. The summed E-state index contributed by atoms with van der Waals surface area (Å²) in [5, 5.41) is 14.9. The number of thiocarbonyl (C=S) groups is 1. The highest BCUT2D eigenvalue weighted by atomic mass is 32.1. The van der Waals surface area contributed by atoms with Crippen LogP contribution >= 0.6 is 12.2 Å². The Hall–Kier alpha value is -3.26. The van der Waals surface area contributed by atoms with Crippen molar-refractivity contribution < 1.29 is 9.47 Å². The van der Waals surface area contributed by atoms with E-state index in [1.54, 1.807) is 4.68 Å². The SMILES string of the molecule is CCNC(=S)n1nc(Nc2ccc(OCC)cc2)cc1Nc1ccc(OCC)cc1. The quantitative estimate of drug-likeness (QED) is 0.421. The van der Waals surface area contributed by atoms with E-state index in [0.29, 0.717) is 30.7 Å². The first-order chi connectivity index (χ1) is 14.6. The molecule has 7 nitrogen and oxygen atoms in total. The highest BCUT2D eigenvalue weighted by Crippen LogP contribution is 2.25. The molecule has 158 valence electrons. The zero-order valence-electron chi connectivity index (χ0n) is 17.4. The van der Waals surface area contributed by atoms with Gasteiger partial charge in [-0.2, -0.15) is 4.68 Å². The lowest BCUT2D eigenvalue weighted by Crippen LogP contribution is -2.29. The molecular weight excluding hydrogens is 398 g/mol. The molecule has 0 fully saturated rings. The van der Waals surface area contributed by atoms with Crippen LogP contribution < -0.4 is 25.4 Å². The van der Waals surface area contributed by atoms with Gasteiger partial charge >= 0.3 is 0 Å². The average Bonchev–Trinajstić information content (AvgIpc) is 3.14. The van der Waals surface area contributed by atoms with Crippen molar-refractivity contribution in [3.05, 3.63) is 54.6 Å². The van der Waals surface area contributed by atoms with Crippen molar-refractivity contribution in [3.8, 4) is 11.5 Å². The molecule has 0 atom stereocenters. The van der Waals surface area contributed by atoms with E-state index in [1.165, 1.54) is 0 Å². The second-order valence-electron chi connectivity index (χ2n) is 6.33. The maximum Gasteiger partial charge on any atom is 0.196 e. The summed E-state index contributed by atoms with van der Waals surface area (Å²) in [6.07, 6.45) is 0. The maximum absolute atomic E-state index is 5.50. The van der Waals surface area contributed by atoms with Gasteiger partial charge in [-0.15, -0.1) is 5.10 Å². The summed E-state index contributed by atoms with van der Waals surface area (Å²) in [6.45, 7) is 7.91. The zero-order chi connectivity index (χ0) is 21.3. The number of rotatable bonds is 9. The van der Waals surface area contributed by atoms with Gasteiger partial charge in [0.05, 0.1) is 13.2 Å². The highest BCUT2D eigenvalue weighted by molar-refractivity contribution is 7.80. The monoisotopic (exact) mass is 425 g/mol. The molecule has 30 heavy (non-hydrogen) atoms. The summed E-state index contributed by atoms with van der Waals surface area (Å²) < 4.78 is 12.7. The number of nitrogens with zero attached hydrogens (tertiary/aromatic N) is 2. The summed E-state index contributed by atoms with van der Waals surface area (Å²) in [4.78, 5) is 0. The number of aromatic nitrogens is 2. The molecule has 0 bridgehead atoms. The Balaban J connectivity index is 1.80. The number of hydrogen-bond acceptors (Lipinski definition) is 6. The molecule has 0 aliphatic rings. The molecule has 0 aliphatic heterocycles. The molecule has 3 aromatic rings. The van der Waals surface area contributed by atoms with Gasteiger partial charge in [0, 0.05) is 24.0 Å². The third-order valence-corrected chi connectivity index (χ3v) is 4.42. The number of hydrogen-bond donors (Lipinski definition) is 3. The van der Waals surface area contributed by atoms with Gasteiger partial charge in [0.15, 0.2) is 10.9 Å². The number of ether oxygens (including phenoxy) is 2. The fourth-order valence-electron chi connectivity index (χ4n) is 2.81. The van der Waals surface area contributed by atoms with Crippen LogP contribution in [-0.2, 0) is 0 Å². The van der Waals surface area contributed by atoms with Crippen LogP contribution in [0.5, 0.6) is 11.5 Å². The van der Waals surface area contributed by atoms with Crippen LogP contribution in [0.15, 0.2) is 54.6 Å². The van der Waals surface area contributed by atoms with Gasteiger partial charge in [0.1, 0.15) is 17.3 Å².